The van der Waals surface area contributed by atoms with Crippen molar-refractivity contribution in [1.82, 2.24) is 10.2 Å². The molecular weight excluding hydrogens is 306 g/mol. The fraction of sp³-hybridized carbons (Fsp3) is 0.389. The number of carboxylic acids is 1. The third kappa shape index (κ3) is 3.64. The van der Waals surface area contributed by atoms with Crippen molar-refractivity contribution in [2.45, 2.75) is 38.8 Å². The van der Waals surface area contributed by atoms with Crippen LogP contribution in [0.5, 0.6) is 0 Å². The number of aliphatic carboxylic acids is 1. The second-order valence-electron chi connectivity index (χ2n) is 5.99. The maximum absolute atomic E-state index is 12.7. The standard InChI is InChI=1S/C18H23N3O3/c1-11-6-5-7-14(10-11)13(3)20-16(19-4)17(22)21-12(2)8-9-15(21)18(23)24/h5-7,10,13,15H,2,8-9H2,1,3-4H3,(H,19,20)(H,23,24). The van der Waals surface area contributed by atoms with E-state index in [1.165, 1.54) is 11.9 Å². The molecule has 2 unspecified atom stereocenters. The average molecular weight is 329 g/mol. The summed E-state index contributed by atoms with van der Waals surface area (Å²) in [5, 5.41) is 12.4. The Hall–Kier alpha value is -2.63. The van der Waals surface area contributed by atoms with Crippen LogP contribution in [-0.4, -0.2) is 40.8 Å². The van der Waals surface area contributed by atoms with Crippen molar-refractivity contribution in [1.29, 1.82) is 0 Å². The lowest BCUT2D eigenvalue weighted by Gasteiger charge is -2.25. The number of aliphatic imine (C=N–C) groups is 1. The van der Waals surface area contributed by atoms with E-state index in [2.05, 4.69) is 16.9 Å². The number of benzene rings is 1. The summed E-state index contributed by atoms with van der Waals surface area (Å²) in [6.07, 6.45) is 0.872. The van der Waals surface area contributed by atoms with Gasteiger partial charge in [0.2, 0.25) is 0 Å². The van der Waals surface area contributed by atoms with Crippen LogP contribution in [-0.2, 0) is 9.59 Å². The Labute approximate surface area is 141 Å². The molecule has 0 radical (unpaired) electrons. The number of likely N-dealkylation sites (tertiary alicyclic amines) is 1. The van der Waals surface area contributed by atoms with Crippen LogP contribution in [0.2, 0.25) is 0 Å². The molecule has 1 saturated heterocycles. The van der Waals surface area contributed by atoms with Gasteiger partial charge in [-0.1, -0.05) is 36.4 Å². The Morgan fingerprint density at radius 3 is 2.75 bits per heavy atom. The van der Waals surface area contributed by atoms with Gasteiger partial charge in [0, 0.05) is 12.7 Å². The highest BCUT2D eigenvalue weighted by molar-refractivity contribution is 6.38. The van der Waals surface area contributed by atoms with Gasteiger partial charge >= 0.3 is 5.97 Å². The molecule has 0 bridgehead atoms. The highest BCUT2D eigenvalue weighted by Gasteiger charge is 2.38. The third-order valence-corrected chi connectivity index (χ3v) is 4.18. The van der Waals surface area contributed by atoms with Crippen molar-refractivity contribution < 1.29 is 14.7 Å². The molecule has 2 N–H and O–H groups in total. The molecule has 1 aliphatic heterocycles. The van der Waals surface area contributed by atoms with Gasteiger partial charge in [-0.25, -0.2) is 4.79 Å². The van der Waals surface area contributed by atoms with Gasteiger partial charge in [-0.15, -0.1) is 0 Å². The predicted octanol–water partition coefficient (Wildman–Crippen LogP) is 2.26. The zero-order chi connectivity index (χ0) is 17.9. The Morgan fingerprint density at radius 1 is 1.46 bits per heavy atom. The number of rotatable bonds is 3. The smallest absolute Gasteiger partial charge is 0.326 e. The molecular formula is C18H23N3O3. The average Bonchev–Trinajstić information content (AvgIpc) is 2.93. The van der Waals surface area contributed by atoms with Crippen LogP contribution in [0.4, 0.5) is 0 Å². The Kier molecular flexibility index (Phi) is 5.39. The molecule has 1 amide bonds. The van der Waals surface area contributed by atoms with Crippen molar-refractivity contribution in [2.75, 3.05) is 7.05 Å². The number of hydrogen-bond donors (Lipinski definition) is 2. The van der Waals surface area contributed by atoms with Crippen molar-refractivity contribution in [3.63, 3.8) is 0 Å². The van der Waals surface area contributed by atoms with E-state index in [9.17, 15) is 14.7 Å². The van der Waals surface area contributed by atoms with E-state index in [0.29, 0.717) is 18.5 Å². The lowest BCUT2D eigenvalue weighted by atomic mass is 10.1. The van der Waals surface area contributed by atoms with Gasteiger partial charge < -0.3 is 10.4 Å². The van der Waals surface area contributed by atoms with E-state index in [-0.39, 0.29) is 11.9 Å². The molecule has 2 rings (SSSR count). The minimum atomic E-state index is -1.02. The van der Waals surface area contributed by atoms with Crippen LogP contribution in [0, 0.1) is 6.92 Å². The molecule has 6 heteroatoms. The number of carbonyl (C=O) groups excluding carboxylic acids is 1. The largest absolute Gasteiger partial charge is 0.480 e. The summed E-state index contributed by atoms with van der Waals surface area (Å²) < 4.78 is 0. The van der Waals surface area contributed by atoms with E-state index < -0.39 is 17.9 Å². The summed E-state index contributed by atoms with van der Waals surface area (Å²) in [6.45, 7) is 7.75. The van der Waals surface area contributed by atoms with Crippen molar-refractivity contribution in [3.8, 4) is 0 Å². The Morgan fingerprint density at radius 2 is 2.17 bits per heavy atom. The summed E-state index contributed by atoms with van der Waals surface area (Å²) >= 11 is 0. The molecule has 0 aromatic heterocycles. The summed E-state index contributed by atoms with van der Waals surface area (Å²) in [6, 6.07) is 6.95. The van der Waals surface area contributed by atoms with Gasteiger partial charge in [0.1, 0.15) is 6.04 Å². The maximum atomic E-state index is 12.7. The van der Waals surface area contributed by atoms with Gasteiger partial charge in [0.25, 0.3) is 5.91 Å². The van der Waals surface area contributed by atoms with Gasteiger partial charge in [0.05, 0.1) is 6.04 Å². The molecule has 0 spiro atoms. The molecule has 1 fully saturated rings. The van der Waals surface area contributed by atoms with Crippen LogP contribution in [0.15, 0.2) is 41.5 Å². The zero-order valence-corrected chi connectivity index (χ0v) is 14.2. The number of carbonyl (C=O) groups is 2. The molecule has 0 saturated carbocycles. The van der Waals surface area contributed by atoms with E-state index in [0.717, 1.165) is 11.1 Å². The second kappa shape index (κ2) is 7.29. The molecule has 1 heterocycles. The number of aryl methyl sites for hydroxylation is 1. The molecule has 2 atom stereocenters. The molecule has 6 nitrogen and oxygen atoms in total. The fourth-order valence-electron chi connectivity index (χ4n) is 2.86. The number of carboxylic acid groups (broad SMARTS) is 1. The van der Waals surface area contributed by atoms with Crippen molar-refractivity contribution >= 4 is 17.7 Å². The van der Waals surface area contributed by atoms with Crippen LogP contribution in [0.3, 0.4) is 0 Å². The normalized spacial score (nSPS) is 19.3. The third-order valence-electron chi connectivity index (χ3n) is 4.18. The fourth-order valence-corrected chi connectivity index (χ4v) is 2.86. The highest BCUT2D eigenvalue weighted by Crippen LogP contribution is 2.26. The summed E-state index contributed by atoms with van der Waals surface area (Å²) in [7, 11) is 1.51. The molecule has 24 heavy (non-hydrogen) atoms. The first kappa shape index (κ1) is 17.7. The molecule has 1 aromatic carbocycles. The summed E-state index contributed by atoms with van der Waals surface area (Å²) in [5.74, 6) is -1.34. The van der Waals surface area contributed by atoms with Crippen LogP contribution in [0.1, 0.15) is 36.9 Å². The number of amides is 1. The molecule has 1 aliphatic rings. The van der Waals surface area contributed by atoms with Crippen LogP contribution >= 0.6 is 0 Å². The lowest BCUT2D eigenvalue weighted by Crippen LogP contribution is -2.47. The first-order chi connectivity index (χ1) is 11.3. The monoisotopic (exact) mass is 329 g/mol. The minimum absolute atomic E-state index is 0.133. The number of nitrogens with zero attached hydrogens (tertiary/aromatic N) is 2. The van der Waals surface area contributed by atoms with Gasteiger partial charge in [0.15, 0.2) is 5.84 Å². The number of nitrogens with one attached hydrogen (secondary N) is 1. The van der Waals surface area contributed by atoms with E-state index in [4.69, 9.17) is 0 Å². The van der Waals surface area contributed by atoms with Crippen LogP contribution < -0.4 is 5.32 Å². The maximum Gasteiger partial charge on any atom is 0.326 e. The number of allylic oxidation sites excluding steroid dienone is 1. The Bertz CT molecular complexity index is 697. The number of amidine groups is 1. The van der Waals surface area contributed by atoms with E-state index >= 15 is 0 Å². The first-order valence-corrected chi connectivity index (χ1v) is 7.89. The lowest BCUT2D eigenvalue weighted by molar-refractivity contribution is -0.145. The van der Waals surface area contributed by atoms with Crippen LogP contribution in [0.25, 0.3) is 0 Å². The van der Waals surface area contributed by atoms with Gasteiger partial charge in [-0.2, -0.15) is 0 Å². The van der Waals surface area contributed by atoms with Gasteiger partial charge in [-0.3, -0.25) is 14.7 Å². The number of hydrogen-bond acceptors (Lipinski definition) is 3. The first-order valence-electron chi connectivity index (χ1n) is 7.89. The zero-order valence-electron chi connectivity index (χ0n) is 14.2. The van der Waals surface area contributed by atoms with Crippen molar-refractivity contribution in [2.24, 2.45) is 4.99 Å². The quantitative estimate of drug-likeness (QED) is 0.658. The molecule has 1 aromatic rings. The molecule has 0 aliphatic carbocycles. The topological polar surface area (TPSA) is 82.0 Å². The second-order valence-corrected chi connectivity index (χ2v) is 5.99. The molecule has 128 valence electrons. The Balaban J connectivity index is 2.17. The van der Waals surface area contributed by atoms with Crippen molar-refractivity contribution in [3.05, 3.63) is 47.7 Å². The van der Waals surface area contributed by atoms with E-state index in [1.54, 1.807) is 0 Å². The minimum Gasteiger partial charge on any atom is -0.480 e. The summed E-state index contributed by atoms with van der Waals surface area (Å²) in [5.41, 5.74) is 2.67. The predicted molar refractivity (Wildman–Crippen MR) is 92.7 cm³/mol. The van der Waals surface area contributed by atoms with E-state index in [1.807, 2.05) is 38.1 Å². The van der Waals surface area contributed by atoms with Gasteiger partial charge in [-0.05, 0) is 32.3 Å². The summed E-state index contributed by atoms with van der Waals surface area (Å²) in [4.78, 5) is 29.4. The highest BCUT2D eigenvalue weighted by atomic mass is 16.4. The SMILES string of the molecule is C=C1CCC(C(=O)O)N1C(=O)C(=NC)NC(C)c1cccc(C)c1.